The third-order valence-electron chi connectivity index (χ3n) is 4.44. The maximum Gasteiger partial charge on any atom is 0.433 e. The molecule has 1 aromatic rings. The van der Waals surface area contributed by atoms with Crippen LogP contribution in [-0.4, -0.2) is 84.0 Å². The first-order valence-corrected chi connectivity index (χ1v) is 8.76. The third-order valence-corrected chi connectivity index (χ3v) is 4.44. The summed E-state index contributed by atoms with van der Waals surface area (Å²) < 4.78 is 10.3. The molecule has 10 nitrogen and oxygen atoms in total. The lowest BCUT2D eigenvalue weighted by Crippen LogP contribution is -2.49. The van der Waals surface area contributed by atoms with Crippen LogP contribution in [0, 0.1) is 10.1 Å². The van der Waals surface area contributed by atoms with Gasteiger partial charge in [0.25, 0.3) is 0 Å². The van der Waals surface area contributed by atoms with E-state index in [9.17, 15) is 14.9 Å². The number of amides is 1. The number of piperazine rings is 1. The first-order chi connectivity index (χ1) is 12.5. The highest BCUT2D eigenvalue weighted by molar-refractivity contribution is 5.78. The number of carbonyl (C=O) groups excluding carboxylic acids is 1. The van der Waals surface area contributed by atoms with Crippen LogP contribution in [0.25, 0.3) is 0 Å². The summed E-state index contributed by atoms with van der Waals surface area (Å²) in [7, 11) is 0. The van der Waals surface area contributed by atoms with Crippen molar-refractivity contribution < 1.29 is 18.9 Å². The summed E-state index contributed by atoms with van der Waals surface area (Å²) in [5.41, 5.74) is 0. The Morgan fingerprint density at radius 3 is 2.69 bits per heavy atom. The summed E-state index contributed by atoms with van der Waals surface area (Å²) in [5, 5.41) is 15.8. The van der Waals surface area contributed by atoms with Gasteiger partial charge in [-0.15, -0.1) is 0 Å². The van der Waals surface area contributed by atoms with Gasteiger partial charge in [0.05, 0.1) is 18.8 Å². The van der Waals surface area contributed by atoms with E-state index in [1.165, 1.54) is 23.4 Å². The Morgan fingerprint density at radius 1 is 1.31 bits per heavy atom. The quantitative estimate of drug-likeness (QED) is 0.408. The zero-order valence-corrected chi connectivity index (χ0v) is 14.7. The molecule has 0 radical (unpaired) electrons. The molecule has 1 amide bonds. The molecule has 3 heterocycles. The van der Waals surface area contributed by atoms with Gasteiger partial charge in [0.2, 0.25) is 0 Å². The highest BCUT2D eigenvalue weighted by Gasteiger charge is 2.33. The Balaban J connectivity index is 1.47. The van der Waals surface area contributed by atoms with E-state index in [4.69, 9.17) is 9.15 Å². The number of cyclic esters (lactones) is 1. The van der Waals surface area contributed by atoms with Crippen molar-refractivity contribution in [1.29, 1.82) is 0 Å². The van der Waals surface area contributed by atoms with Crippen LogP contribution in [0.2, 0.25) is 0 Å². The average Bonchev–Trinajstić information content (AvgIpc) is 3.22. The van der Waals surface area contributed by atoms with Crippen molar-refractivity contribution >= 4 is 18.2 Å². The standard InChI is InChI=1S/C16H23N5O5/c1-2-5-18-6-8-19(9-7-18)11-14-12-20(16(22)26-14)17-10-13-3-4-15(25-13)21(23)24/h3-4,10,14H,2,5-9,11-12H2,1H3/b17-10+. The van der Waals surface area contributed by atoms with E-state index < -0.39 is 11.0 Å². The van der Waals surface area contributed by atoms with Crippen LogP contribution in [0.3, 0.4) is 0 Å². The number of rotatable bonds is 7. The molecular formula is C16H23N5O5. The van der Waals surface area contributed by atoms with Crippen molar-refractivity contribution in [3.05, 3.63) is 28.0 Å². The van der Waals surface area contributed by atoms with E-state index in [2.05, 4.69) is 21.8 Å². The fourth-order valence-electron chi connectivity index (χ4n) is 3.13. The minimum atomic E-state index is -0.627. The van der Waals surface area contributed by atoms with Crippen LogP contribution in [0.4, 0.5) is 10.7 Å². The van der Waals surface area contributed by atoms with E-state index in [0.29, 0.717) is 13.1 Å². The van der Waals surface area contributed by atoms with Gasteiger partial charge in [-0.1, -0.05) is 6.92 Å². The van der Waals surface area contributed by atoms with Crippen molar-refractivity contribution in [3.8, 4) is 0 Å². The zero-order valence-electron chi connectivity index (χ0n) is 14.7. The third kappa shape index (κ3) is 4.58. The van der Waals surface area contributed by atoms with Gasteiger partial charge in [0.15, 0.2) is 5.76 Å². The lowest BCUT2D eigenvalue weighted by Gasteiger charge is -2.35. The number of nitrogens with zero attached hydrogens (tertiary/aromatic N) is 5. The molecule has 1 atom stereocenters. The number of ether oxygens (including phenoxy) is 1. The van der Waals surface area contributed by atoms with Gasteiger partial charge in [0, 0.05) is 32.7 Å². The Kier molecular flexibility index (Phi) is 5.84. The highest BCUT2D eigenvalue weighted by Crippen LogP contribution is 2.16. The molecule has 2 aliphatic rings. The summed E-state index contributed by atoms with van der Waals surface area (Å²) >= 11 is 0. The molecule has 1 unspecified atom stereocenters. The lowest BCUT2D eigenvalue weighted by molar-refractivity contribution is -0.402. The number of hydrogen-bond donors (Lipinski definition) is 0. The maximum absolute atomic E-state index is 11.9. The molecule has 0 N–H and O–H groups in total. The maximum atomic E-state index is 11.9. The second kappa shape index (κ2) is 8.28. The molecule has 142 valence electrons. The van der Waals surface area contributed by atoms with Gasteiger partial charge < -0.3 is 14.1 Å². The van der Waals surface area contributed by atoms with Crippen LogP contribution in [0.5, 0.6) is 0 Å². The number of furan rings is 1. The molecule has 1 aromatic heterocycles. The fourth-order valence-corrected chi connectivity index (χ4v) is 3.13. The molecule has 0 bridgehead atoms. The van der Waals surface area contributed by atoms with Gasteiger partial charge >= 0.3 is 12.0 Å². The molecule has 0 spiro atoms. The van der Waals surface area contributed by atoms with Crippen LogP contribution in [0.1, 0.15) is 19.1 Å². The number of carbonyl (C=O) groups is 1. The van der Waals surface area contributed by atoms with Crippen LogP contribution >= 0.6 is 0 Å². The van der Waals surface area contributed by atoms with Crippen molar-refractivity contribution in [2.75, 3.05) is 45.8 Å². The van der Waals surface area contributed by atoms with Crippen molar-refractivity contribution in [1.82, 2.24) is 14.8 Å². The van der Waals surface area contributed by atoms with Crippen LogP contribution in [0.15, 0.2) is 21.7 Å². The number of hydrazone groups is 1. The van der Waals surface area contributed by atoms with Crippen molar-refractivity contribution in [3.63, 3.8) is 0 Å². The van der Waals surface area contributed by atoms with E-state index in [1.807, 2.05) is 0 Å². The van der Waals surface area contributed by atoms with Crippen LogP contribution in [-0.2, 0) is 4.74 Å². The van der Waals surface area contributed by atoms with Gasteiger partial charge in [-0.3, -0.25) is 15.0 Å². The minimum Gasteiger partial charge on any atom is -0.441 e. The second-order valence-corrected chi connectivity index (χ2v) is 6.41. The molecule has 0 aliphatic carbocycles. The summed E-state index contributed by atoms with van der Waals surface area (Å²) in [6.07, 6.45) is 1.69. The Hall–Kier alpha value is -2.46. The van der Waals surface area contributed by atoms with E-state index in [0.717, 1.165) is 39.1 Å². The molecule has 10 heteroatoms. The van der Waals surface area contributed by atoms with Crippen molar-refractivity contribution in [2.24, 2.45) is 5.10 Å². The molecule has 3 rings (SSSR count). The van der Waals surface area contributed by atoms with Gasteiger partial charge in [-0.05, 0) is 19.0 Å². The summed E-state index contributed by atoms with van der Waals surface area (Å²) in [5.74, 6) is -0.157. The number of nitro groups is 1. The molecule has 0 aromatic carbocycles. The first-order valence-electron chi connectivity index (χ1n) is 8.76. The lowest BCUT2D eigenvalue weighted by atomic mass is 10.2. The predicted molar refractivity (Wildman–Crippen MR) is 93.1 cm³/mol. The van der Waals surface area contributed by atoms with E-state index in [1.54, 1.807) is 0 Å². The van der Waals surface area contributed by atoms with E-state index in [-0.39, 0.29) is 17.7 Å². The van der Waals surface area contributed by atoms with E-state index >= 15 is 0 Å². The highest BCUT2D eigenvalue weighted by atomic mass is 16.6. The Bertz CT molecular complexity index is 668. The minimum absolute atomic E-state index is 0.208. The predicted octanol–water partition coefficient (Wildman–Crippen LogP) is 1.37. The summed E-state index contributed by atoms with van der Waals surface area (Å²) in [6.45, 7) is 8.35. The average molecular weight is 365 g/mol. The fraction of sp³-hybridized carbons (Fsp3) is 0.625. The van der Waals surface area contributed by atoms with Gasteiger partial charge in [-0.25, -0.2) is 4.79 Å². The molecule has 0 saturated carbocycles. The molecule has 26 heavy (non-hydrogen) atoms. The molecule has 2 fully saturated rings. The SMILES string of the molecule is CCCN1CCN(CC2CN(/N=C/c3ccc([N+](=O)[O-])o3)C(=O)O2)CC1. The summed E-state index contributed by atoms with van der Waals surface area (Å²) in [4.78, 5) is 26.6. The second-order valence-electron chi connectivity index (χ2n) is 6.41. The molecule has 2 aliphatic heterocycles. The largest absolute Gasteiger partial charge is 0.441 e. The monoisotopic (exact) mass is 365 g/mol. The Labute approximate surface area is 151 Å². The normalized spacial score (nSPS) is 22.3. The van der Waals surface area contributed by atoms with Gasteiger partial charge in [0.1, 0.15) is 11.0 Å². The summed E-state index contributed by atoms with van der Waals surface area (Å²) in [6, 6.07) is 2.67. The Morgan fingerprint density at radius 2 is 2.04 bits per heavy atom. The zero-order chi connectivity index (χ0) is 18.5. The molecule has 2 saturated heterocycles. The van der Waals surface area contributed by atoms with Crippen molar-refractivity contribution in [2.45, 2.75) is 19.4 Å². The first kappa shape index (κ1) is 18.3. The number of hydrogen-bond acceptors (Lipinski definition) is 8. The topological polar surface area (TPSA) is 105 Å². The van der Waals surface area contributed by atoms with Crippen LogP contribution < -0.4 is 0 Å². The smallest absolute Gasteiger partial charge is 0.433 e. The van der Waals surface area contributed by atoms with Gasteiger partial charge in [-0.2, -0.15) is 10.1 Å². The molecular weight excluding hydrogens is 342 g/mol.